The van der Waals surface area contributed by atoms with Crippen molar-refractivity contribution in [2.24, 2.45) is 0 Å². The Bertz CT molecular complexity index is 2510. The topological polar surface area (TPSA) is 13.1 Å². The van der Waals surface area contributed by atoms with Crippen LogP contribution in [0.3, 0.4) is 0 Å². The van der Waals surface area contributed by atoms with Gasteiger partial charge in [0.2, 0.25) is 0 Å². The minimum atomic E-state index is -0.550. The Balaban J connectivity index is 1.72. The van der Waals surface area contributed by atoms with Gasteiger partial charge in [-0.2, -0.15) is 0 Å². The molecule has 0 aliphatic carbocycles. The molecule has 0 aliphatic heterocycles. The molecule has 0 bridgehead atoms. The van der Waals surface area contributed by atoms with E-state index in [9.17, 15) is 0 Å². The summed E-state index contributed by atoms with van der Waals surface area (Å²) in [5, 5.41) is 0.261. The lowest BCUT2D eigenvalue weighted by molar-refractivity contribution is 0.673. The fraction of sp³-hybridized carbons (Fsp3) is 0. The highest BCUT2D eigenvalue weighted by Gasteiger charge is 2.16. The Morgan fingerprint density at radius 2 is 1.22 bits per heavy atom. The van der Waals surface area contributed by atoms with Gasteiger partial charge >= 0.3 is 0 Å². The first-order chi connectivity index (χ1) is 21.6. The second-order valence-electron chi connectivity index (χ2n) is 7.21. The quantitative estimate of drug-likeness (QED) is 0.210. The Hall–Kier alpha value is -3.62. The fourth-order valence-corrected chi connectivity index (χ4v) is 4.72. The predicted molar refractivity (Wildman–Crippen MR) is 139 cm³/mol. The lowest BCUT2D eigenvalue weighted by Crippen LogP contribution is -1.87. The van der Waals surface area contributed by atoms with Crippen LogP contribution in [0.5, 0.6) is 0 Å². The Kier molecular flexibility index (Phi) is 1.90. The fourth-order valence-electron chi connectivity index (χ4n) is 4.12. The minimum absolute atomic E-state index is 0.0000528. The third-order valence-electron chi connectivity index (χ3n) is 5.52. The van der Waals surface area contributed by atoms with E-state index in [1.54, 1.807) is 12.1 Å². The molecule has 1 aromatic heterocycles. The maximum Gasteiger partial charge on any atom is 0.143 e. The number of furan rings is 1. The zero-order valence-corrected chi connectivity index (χ0v) is 17.6. The molecule has 0 saturated carbocycles. The molecule has 0 aliphatic rings. The molecule has 0 spiro atoms. The number of rotatable bonds is 1. The average Bonchev–Trinajstić information content (AvgIpc) is 3.42. The SMILES string of the molecule is [2H]c1c([2H])c([2H])c2c(-c3ccc4c(c3)oc3c5c([2H])c([2H])c([2H])c([2H])c5c([2H])c([2H])c43)c3c([2H])c([2H])c([2H])c([2H])c3c(Br)c2c1[2H]. The smallest absolute Gasteiger partial charge is 0.143 e. The zero-order chi connectivity index (χ0) is 33.4. The van der Waals surface area contributed by atoms with Gasteiger partial charge in [-0.15, -0.1) is 0 Å². The van der Waals surface area contributed by atoms with Gasteiger partial charge < -0.3 is 4.42 Å². The summed E-state index contributed by atoms with van der Waals surface area (Å²) in [7, 11) is 0. The number of hydrogen-bond acceptors (Lipinski definition) is 1. The lowest BCUT2D eigenvalue weighted by Gasteiger charge is -2.14. The first kappa shape index (κ1) is 9.09. The van der Waals surface area contributed by atoms with Crippen LogP contribution in [0.15, 0.2) is 112 Å². The molecule has 0 N–H and O–H groups in total. The number of hydrogen-bond donors (Lipinski definition) is 0. The Labute approximate surface area is 212 Å². The summed E-state index contributed by atoms with van der Waals surface area (Å²) in [5.74, 6) is 0. The van der Waals surface area contributed by atoms with Crippen LogP contribution < -0.4 is 0 Å². The maximum absolute atomic E-state index is 8.84. The van der Waals surface area contributed by atoms with E-state index in [-0.39, 0.29) is 70.5 Å². The van der Waals surface area contributed by atoms with E-state index in [1.165, 1.54) is 6.07 Å². The summed E-state index contributed by atoms with van der Waals surface area (Å²) in [6.07, 6.45) is 0. The average molecular weight is 487 g/mol. The van der Waals surface area contributed by atoms with Crippen LogP contribution in [0.4, 0.5) is 0 Å². The van der Waals surface area contributed by atoms with Gasteiger partial charge in [-0.1, -0.05) is 84.6 Å². The van der Waals surface area contributed by atoms with Gasteiger partial charge in [-0.25, -0.2) is 0 Å². The van der Waals surface area contributed by atoms with Crippen molar-refractivity contribution in [3.05, 3.63) is 107 Å². The minimum Gasteiger partial charge on any atom is -0.455 e. The summed E-state index contributed by atoms with van der Waals surface area (Å²) in [5.41, 5.74) is 0.428. The predicted octanol–water partition coefficient (Wildman–Crippen LogP) is 9.48. The van der Waals surface area contributed by atoms with Crippen LogP contribution in [0.25, 0.3) is 65.4 Å². The van der Waals surface area contributed by atoms with E-state index in [4.69, 9.17) is 23.6 Å². The molecule has 0 radical (unpaired) electrons. The van der Waals surface area contributed by atoms with Crippen molar-refractivity contribution in [1.82, 2.24) is 0 Å². The van der Waals surface area contributed by atoms with Crippen molar-refractivity contribution >= 4 is 70.2 Å². The highest BCUT2D eigenvalue weighted by molar-refractivity contribution is 9.10. The normalized spacial score (nSPS) is 18.0. The molecule has 1 nitrogen and oxygen atoms in total. The second kappa shape index (κ2) is 6.69. The van der Waals surface area contributed by atoms with E-state index in [0.29, 0.717) is 5.39 Å². The van der Waals surface area contributed by atoms with Gasteiger partial charge in [-0.3, -0.25) is 0 Å². The summed E-state index contributed by atoms with van der Waals surface area (Å²) < 4.78 is 125. The molecular formula is C30H17BrO. The summed E-state index contributed by atoms with van der Waals surface area (Å²) in [4.78, 5) is 0. The van der Waals surface area contributed by atoms with Gasteiger partial charge in [0.15, 0.2) is 0 Å². The van der Waals surface area contributed by atoms with Gasteiger partial charge in [-0.05, 0) is 72.2 Å². The van der Waals surface area contributed by atoms with Crippen LogP contribution in [-0.2, 0) is 0 Å². The molecule has 1 heterocycles. The molecule has 0 amide bonds. The lowest BCUT2D eigenvalue weighted by atomic mass is 9.91. The molecular weight excluding hydrogens is 456 g/mol. The third kappa shape index (κ3) is 2.44. The van der Waals surface area contributed by atoms with Gasteiger partial charge in [0.1, 0.15) is 11.2 Å². The van der Waals surface area contributed by atoms with Crippen molar-refractivity contribution < 1.29 is 23.6 Å². The maximum atomic E-state index is 8.84. The second-order valence-corrected chi connectivity index (χ2v) is 8.00. The van der Waals surface area contributed by atoms with Gasteiger partial charge in [0.25, 0.3) is 0 Å². The number of fused-ring (bicyclic) bond motifs is 7. The number of halogens is 1. The van der Waals surface area contributed by atoms with E-state index in [1.807, 2.05) is 0 Å². The molecule has 32 heavy (non-hydrogen) atoms. The van der Waals surface area contributed by atoms with Gasteiger partial charge in [0.05, 0.1) is 19.2 Å². The van der Waals surface area contributed by atoms with Crippen LogP contribution in [0.1, 0.15) is 19.2 Å². The standard InChI is InChI=1S/C30H17BrO/c31-29-24-11-5-3-9-22(24)28(23-10-4-6-12-25(23)29)19-14-15-21-26-16-13-18-7-1-2-8-20(18)30(26)32-27(21)17-19/h1-17H/i1D,2D,3D,4D,5D,6D,7D,8D,9D,10D,11D,12D,13D,16D. The molecule has 0 atom stereocenters. The largest absolute Gasteiger partial charge is 0.455 e. The van der Waals surface area contributed by atoms with E-state index < -0.39 is 78.6 Å². The molecule has 6 aromatic carbocycles. The molecule has 0 fully saturated rings. The molecule has 0 unspecified atom stereocenters. The van der Waals surface area contributed by atoms with Crippen molar-refractivity contribution in [2.75, 3.05) is 0 Å². The molecule has 150 valence electrons. The van der Waals surface area contributed by atoms with Crippen LogP contribution in [0.2, 0.25) is 0 Å². The number of benzene rings is 6. The molecule has 2 heteroatoms. The summed E-state index contributed by atoms with van der Waals surface area (Å²) in [6.45, 7) is 0. The van der Waals surface area contributed by atoms with Crippen LogP contribution in [-0.4, -0.2) is 0 Å². The zero-order valence-electron chi connectivity index (χ0n) is 30.0. The van der Waals surface area contributed by atoms with Gasteiger partial charge in [0, 0.05) is 20.6 Å². The van der Waals surface area contributed by atoms with E-state index in [2.05, 4.69) is 15.9 Å². The summed E-state index contributed by atoms with van der Waals surface area (Å²) in [6, 6.07) is -1.96. The van der Waals surface area contributed by atoms with Crippen LogP contribution >= 0.6 is 15.9 Å². The van der Waals surface area contributed by atoms with E-state index in [0.717, 1.165) is 0 Å². The Morgan fingerprint density at radius 1 is 0.594 bits per heavy atom. The Morgan fingerprint density at radius 3 is 1.94 bits per heavy atom. The van der Waals surface area contributed by atoms with Crippen molar-refractivity contribution in [3.8, 4) is 11.1 Å². The first-order valence-electron chi connectivity index (χ1n) is 16.6. The third-order valence-corrected chi connectivity index (χ3v) is 6.31. The van der Waals surface area contributed by atoms with E-state index >= 15 is 0 Å². The molecule has 7 rings (SSSR count). The monoisotopic (exact) mass is 486 g/mol. The first-order valence-corrected chi connectivity index (χ1v) is 10.4. The summed E-state index contributed by atoms with van der Waals surface area (Å²) >= 11 is 3.39. The van der Waals surface area contributed by atoms with Crippen molar-refractivity contribution in [1.29, 1.82) is 0 Å². The van der Waals surface area contributed by atoms with Crippen molar-refractivity contribution in [2.45, 2.75) is 0 Å². The van der Waals surface area contributed by atoms with Crippen LogP contribution in [0, 0.1) is 0 Å². The molecule has 0 saturated heterocycles. The molecule has 7 aromatic rings. The highest BCUT2D eigenvalue weighted by Crippen LogP contribution is 2.43. The van der Waals surface area contributed by atoms with Crippen molar-refractivity contribution in [3.63, 3.8) is 0 Å². The highest BCUT2D eigenvalue weighted by atomic mass is 79.9.